The largest absolute Gasteiger partial charge is 0.389 e. The van der Waals surface area contributed by atoms with Crippen LogP contribution in [0.25, 0.3) is 0 Å². The van der Waals surface area contributed by atoms with Gasteiger partial charge in [-0.1, -0.05) is 32.5 Å². The molecule has 0 radical (unpaired) electrons. The molecule has 1 aliphatic carbocycles. The van der Waals surface area contributed by atoms with Crippen LogP contribution in [-0.2, 0) is 0 Å². The Kier molecular flexibility index (Phi) is 4.40. The highest BCUT2D eigenvalue weighted by molar-refractivity contribution is 7.80. The minimum atomic E-state index is -0.280. The Morgan fingerprint density at radius 3 is 2.74 bits per heavy atom. The van der Waals surface area contributed by atoms with E-state index in [4.69, 9.17) is 18.0 Å². The maximum absolute atomic E-state index is 14.0. The van der Waals surface area contributed by atoms with Crippen LogP contribution in [0, 0.1) is 17.7 Å². The van der Waals surface area contributed by atoms with Gasteiger partial charge in [0.1, 0.15) is 10.8 Å². The molecule has 0 aromatic heterocycles. The van der Waals surface area contributed by atoms with Crippen LogP contribution in [-0.4, -0.2) is 11.0 Å². The third-order valence-electron chi connectivity index (χ3n) is 4.35. The zero-order valence-corrected chi connectivity index (χ0v) is 12.3. The van der Waals surface area contributed by atoms with E-state index in [1.54, 1.807) is 12.1 Å². The molecule has 1 aromatic rings. The van der Waals surface area contributed by atoms with Crippen LogP contribution in [0.1, 0.15) is 38.7 Å². The standard InChI is InChI=1S/C15H21FN2S/c1-3-10-4-6-13(9(10)2)18-14-7-5-11(15(17)19)8-12(14)16/h5,7-10,13,18H,3-4,6H2,1-2H3,(H2,17,19). The van der Waals surface area contributed by atoms with E-state index in [2.05, 4.69) is 19.2 Å². The van der Waals surface area contributed by atoms with Crippen molar-refractivity contribution in [2.24, 2.45) is 17.6 Å². The molecule has 0 amide bonds. The van der Waals surface area contributed by atoms with Crippen LogP contribution < -0.4 is 11.1 Å². The van der Waals surface area contributed by atoms with E-state index < -0.39 is 0 Å². The van der Waals surface area contributed by atoms with Crippen molar-refractivity contribution in [2.75, 3.05) is 5.32 Å². The number of hydrogen-bond donors (Lipinski definition) is 2. The molecule has 1 fully saturated rings. The summed E-state index contributed by atoms with van der Waals surface area (Å²) >= 11 is 4.85. The van der Waals surface area contributed by atoms with Crippen LogP contribution in [0.4, 0.5) is 10.1 Å². The van der Waals surface area contributed by atoms with E-state index in [1.807, 2.05) is 0 Å². The molecule has 3 N–H and O–H groups in total. The molecule has 0 bridgehead atoms. The first-order valence-corrected chi connectivity index (χ1v) is 7.29. The molecule has 1 aromatic carbocycles. The number of anilines is 1. The van der Waals surface area contributed by atoms with Gasteiger partial charge in [-0.25, -0.2) is 4.39 Å². The van der Waals surface area contributed by atoms with Gasteiger partial charge in [-0.2, -0.15) is 0 Å². The van der Waals surface area contributed by atoms with Crippen molar-refractivity contribution in [2.45, 2.75) is 39.2 Å². The van der Waals surface area contributed by atoms with Gasteiger partial charge in [0.25, 0.3) is 0 Å². The molecule has 0 spiro atoms. The fourth-order valence-corrected chi connectivity index (χ4v) is 3.14. The van der Waals surface area contributed by atoms with Crippen molar-refractivity contribution < 1.29 is 4.39 Å². The normalized spacial score (nSPS) is 26.4. The van der Waals surface area contributed by atoms with E-state index in [0.29, 0.717) is 23.2 Å². The Morgan fingerprint density at radius 2 is 2.21 bits per heavy atom. The highest BCUT2D eigenvalue weighted by Crippen LogP contribution is 2.36. The highest BCUT2D eigenvalue weighted by Gasteiger charge is 2.31. The summed E-state index contributed by atoms with van der Waals surface area (Å²) in [6.07, 6.45) is 3.53. The van der Waals surface area contributed by atoms with Crippen LogP contribution in [0.2, 0.25) is 0 Å². The average molecular weight is 280 g/mol. The lowest BCUT2D eigenvalue weighted by Crippen LogP contribution is -2.25. The van der Waals surface area contributed by atoms with Crippen LogP contribution in [0.3, 0.4) is 0 Å². The Morgan fingerprint density at radius 1 is 1.47 bits per heavy atom. The molecule has 4 heteroatoms. The molecule has 2 nitrogen and oxygen atoms in total. The summed E-state index contributed by atoms with van der Waals surface area (Å²) in [5.74, 6) is 1.05. The summed E-state index contributed by atoms with van der Waals surface area (Å²) in [7, 11) is 0. The van der Waals surface area contributed by atoms with Crippen molar-refractivity contribution in [3.63, 3.8) is 0 Å². The second kappa shape index (κ2) is 5.87. The van der Waals surface area contributed by atoms with Gasteiger partial charge in [0.2, 0.25) is 0 Å². The SMILES string of the molecule is CCC1CCC(Nc2ccc(C(N)=S)cc2F)C1C. The molecule has 3 unspecified atom stereocenters. The number of rotatable bonds is 4. The lowest BCUT2D eigenvalue weighted by atomic mass is 9.93. The molecule has 0 heterocycles. The van der Waals surface area contributed by atoms with Crippen LogP contribution >= 0.6 is 12.2 Å². The summed E-state index contributed by atoms with van der Waals surface area (Å²) in [6.45, 7) is 4.47. The molecule has 19 heavy (non-hydrogen) atoms. The molecule has 1 saturated carbocycles. The van der Waals surface area contributed by atoms with Gasteiger partial charge in [-0.15, -0.1) is 0 Å². The topological polar surface area (TPSA) is 38.0 Å². The quantitative estimate of drug-likeness (QED) is 0.826. The zero-order valence-electron chi connectivity index (χ0n) is 11.4. The summed E-state index contributed by atoms with van der Waals surface area (Å²) in [6, 6.07) is 5.26. The summed E-state index contributed by atoms with van der Waals surface area (Å²) in [5, 5.41) is 3.33. The summed E-state index contributed by atoms with van der Waals surface area (Å²) in [5.41, 5.74) is 6.62. The van der Waals surface area contributed by atoms with Crippen molar-refractivity contribution in [1.82, 2.24) is 0 Å². The molecule has 0 aliphatic heterocycles. The van der Waals surface area contributed by atoms with Crippen LogP contribution in [0.15, 0.2) is 18.2 Å². The first kappa shape index (κ1) is 14.3. The fourth-order valence-electron chi connectivity index (χ4n) is 3.01. The molecule has 0 saturated heterocycles. The number of benzene rings is 1. The van der Waals surface area contributed by atoms with E-state index in [1.165, 1.54) is 18.9 Å². The van der Waals surface area contributed by atoms with Crippen LogP contribution in [0.5, 0.6) is 0 Å². The number of nitrogens with one attached hydrogen (secondary N) is 1. The lowest BCUT2D eigenvalue weighted by Gasteiger charge is -2.22. The smallest absolute Gasteiger partial charge is 0.146 e. The average Bonchev–Trinajstić information content (AvgIpc) is 2.72. The summed E-state index contributed by atoms with van der Waals surface area (Å²) in [4.78, 5) is 0.228. The monoisotopic (exact) mass is 280 g/mol. The number of thiocarbonyl (C=S) groups is 1. The van der Waals surface area contributed by atoms with Crippen molar-refractivity contribution in [3.05, 3.63) is 29.6 Å². The first-order valence-electron chi connectivity index (χ1n) is 6.88. The van der Waals surface area contributed by atoms with E-state index in [-0.39, 0.29) is 10.8 Å². The number of hydrogen-bond acceptors (Lipinski definition) is 2. The summed E-state index contributed by atoms with van der Waals surface area (Å²) < 4.78 is 14.0. The van der Waals surface area contributed by atoms with Gasteiger partial charge in [-0.3, -0.25) is 0 Å². The van der Waals surface area contributed by atoms with Gasteiger partial charge in [0, 0.05) is 11.6 Å². The molecular formula is C15H21FN2S. The Labute approximate surface area is 119 Å². The minimum absolute atomic E-state index is 0.228. The Hall–Kier alpha value is -1.16. The van der Waals surface area contributed by atoms with Crippen molar-refractivity contribution in [1.29, 1.82) is 0 Å². The van der Waals surface area contributed by atoms with Gasteiger partial charge in [0.15, 0.2) is 0 Å². The third kappa shape index (κ3) is 3.06. The number of halogens is 1. The van der Waals surface area contributed by atoms with E-state index in [0.717, 1.165) is 12.3 Å². The van der Waals surface area contributed by atoms with E-state index in [9.17, 15) is 4.39 Å². The first-order chi connectivity index (χ1) is 9.02. The Balaban J connectivity index is 2.10. The second-order valence-electron chi connectivity index (χ2n) is 5.41. The predicted octanol–water partition coefficient (Wildman–Crippen LogP) is 3.70. The molecule has 104 valence electrons. The maximum Gasteiger partial charge on any atom is 0.146 e. The molecular weight excluding hydrogens is 259 g/mol. The zero-order chi connectivity index (χ0) is 14.0. The van der Waals surface area contributed by atoms with E-state index >= 15 is 0 Å². The molecule has 1 aliphatic rings. The molecule has 2 rings (SSSR count). The van der Waals surface area contributed by atoms with Gasteiger partial charge in [0.05, 0.1) is 5.69 Å². The van der Waals surface area contributed by atoms with Crippen molar-refractivity contribution >= 4 is 22.9 Å². The van der Waals surface area contributed by atoms with Gasteiger partial charge in [-0.05, 0) is 42.9 Å². The number of nitrogens with two attached hydrogens (primary N) is 1. The Bertz CT molecular complexity index is 475. The minimum Gasteiger partial charge on any atom is -0.389 e. The fraction of sp³-hybridized carbons (Fsp3) is 0.533. The highest BCUT2D eigenvalue weighted by atomic mass is 32.1. The van der Waals surface area contributed by atoms with Gasteiger partial charge < -0.3 is 11.1 Å². The van der Waals surface area contributed by atoms with Crippen molar-refractivity contribution in [3.8, 4) is 0 Å². The molecule has 3 atom stereocenters. The third-order valence-corrected chi connectivity index (χ3v) is 4.58. The maximum atomic E-state index is 14.0. The van der Waals surface area contributed by atoms with Gasteiger partial charge >= 0.3 is 0 Å². The predicted molar refractivity (Wildman–Crippen MR) is 81.9 cm³/mol. The second-order valence-corrected chi connectivity index (χ2v) is 5.85. The lowest BCUT2D eigenvalue weighted by molar-refractivity contribution is 0.391.